The second kappa shape index (κ2) is 6.35. The predicted molar refractivity (Wildman–Crippen MR) is 78.5 cm³/mol. The number of hydrogen-bond acceptors (Lipinski definition) is 2. The second-order valence-electron chi connectivity index (χ2n) is 4.52. The third-order valence-corrected chi connectivity index (χ3v) is 3.53. The van der Waals surface area contributed by atoms with Crippen LogP contribution in [0.25, 0.3) is 11.3 Å². The average molecular weight is 326 g/mol. The van der Waals surface area contributed by atoms with Crippen LogP contribution in [0.5, 0.6) is 0 Å². The predicted octanol–water partition coefficient (Wildman–Crippen LogP) is 4.66. The van der Waals surface area contributed by atoms with Gasteiger partial charge in [0.2, 0.25) is 0 Å². The Morgan fingerprint density at radius 2 is 2.11 bits per heavy atom. The summed E-state index contributed by atoms with van der Waals surface area (Å²) in [5, 5.41) is 3.29. The lowest BCUT2D eigenvalue weighted by Gasteiger charge is -2.05. The molecule has 1 N–H and O–H groups in total. The molecule has 0 amide bonds. The molecule has 0 fully saturated rings. The number of nitrogens with one attached hydrogen (secondary N) is 1. The third kappa shape index (κ3) is 3.45. The smallest absolute Gasteiger partial charge is 0.137 e. The van der Waals surface area contributed by atoms with Crippen LogP contribution in [0.1, 0.15) is 24.7 Å². The van der Waals surface area contributed by atoms with Gasteiger partial charge in [-0.15, -0.1) is 0 Å². The van der Waals surface area contributed by atoms with E-state index in [9.17, 15) is 4.39 Å². The molecule has 0 unspecified atom stereocenters. The molecule has 19 heavy (non-hydrogen) atoms. The van der Waals surface area contributed by atoms with Crippen LogP contribution in [0.15, 0.2) is 33.2 Å². The van der Waals surface area contributed by atoms with Crippen molar-refractivity contribution in [3.8, 4) is 11.3 Å². The third-order valence-electron chi connectivity index (χ3n) is 2.92. The molecule has 0 saturated heterocycles. The summed E-state index contributed by atoms with van der Waals surface area (Å²) in [7, 11) is 0. The normalized spacial score (nSPS) is 10.9. The van der Waals surface area contributed by atoms with E-state index in [-0.39, 0.29) is 5.82 Å². The molecule has 4 heteroatoms. The molecule has 0 atom stereocenters. The fraction of sp³-hybridized carbons (Fsp3) is 0.333. The van der Waals surface area contributed by atoms with Crippen molar-refractivity contribution in [3.05, 3.63) is 45.9 Å². The van der Waals surface area contributed by atoms with Crippen LogP contribution in [-0.2, 0) is 6.54 Å². The summed E-state index contributed by atoms with van der Waals surface area (Å²) in [6, 6.07) is 7.15. The van der Waals surface area contributed by atoms with Gasteiger partial charge in [0.05, 0.1) is 11.0 Å². The van der Waals surface area contributed by atoms with Crippen molar-refractivity contribution in [2.24, 2.45) is 0 Å². The van der Waals surface area contributed by atoms with E-state index in [0.717, 1.165) is 42.2 Å². The van der Waals surface area contributed by atoms with Crippen molar-refractivity contribution in [2.75, 3.05) is 6.54 Å². The van der Waals surface area contributed by atoms with Gasteiger partial charge in [0.15, 0.2) is 0 Å². The number of rotatable bonds is 5. The summed E-state index contributed by atoms with van der Waals surface area (Å²) in [5.74, 6) is 1.41. The molecule has 102 valence electrons. The van der Waals surface area contributed by atoms with Gasteiger partial charge in [0, 0.05) is 5.56 Å². The van der Waals surface area contributed by atoms with Crippen LogP contribution in [-0.4, -0.2) is 6.54 Å². The fourth-order valence-corrected chi connectivity index (χ4v) is 2.26. The van der Waals surface area contributed by atoms with Gasteiger partial charge >= 0.3 is 0 Å². The molecular weight excluding hydrogens is 309 g/mol. The quantitative estimate of drug-likeness (QED) is 0.809. The minimum Gasteiger partial charge on any atom is -0.460 e. The molecule has 0 radical (unpaired) electrons. The highest BCUT2D eigenvalue weighted by molar-refractivity contribution is 9.10. The SMILES string of the molecule is CCCNCc1ccc(-c2cc(Br)c(F)cc2C)o1. The number of hydrogen-bond donors (Lipinski definition) is 1. The molecule has 0 aliphatic carbocycles. The monoisotopic (exact) mass is 325 g/mol. The van der Waals surface area contributed by atoms with Gasteiger partial charge in [0.1, 0.15) is 17.3 Å². The first-order valence-electron chi connectivity index (χ1n) is 6.37. The Bertz CT molecular complexity index is 565. The molecule has 2 rings (SSSR count). The van der Waals surface area contributed by atoms with Crippen molar-refractivity contribution < 1.29 is 8.81 Å². The highest BCUT2D eigenvalue weighted by Crippen LogP contribution is 2.30. The molecule has 1 aromatic carbocycles. The Morgan fingerprint density at radius 1 is 1.32 bits per heavy atom. The molecule has 0 bridgehead atoms. The van der Waals surface area contributed by atoms with E-state index in [0.29, 0.717) is 4.47 Å². The van der Waals surface area contributed by atoms with Gasteiger partial charge in [-0.2, -0.15) is 0 Å². The van der Waals surface area contributed by atoms with Crippen LogP contribution in [0.3, 0.4) is 0 Å². The van der Waals surface area contributed by atoms with Crippen molar-refractivity contribution in [1.29, 1.82) is 0 Å². The fourth-order valence-electron chi connectivity index (χ4n) is 1.92. The van der Waals surface area contributed by atoms with E-state index in [1.807, 2.05) is 19.1 Å². The van der Waals surface area contributed by atoms with E-state index >= 15 is 0 Å². The van der Waals surface area contributed by atoms with E-state index in [4.69, 9.17) is 4.42 Å². The van der Waals surface area contributed by atoms with E-state index in [2.05, 4.69) is 28.2 Å². The van der Waals surface area contributed by atoms with Gasteiger partial charge in [0.25, 0.3) is 0 Å². The zero-order chi connectivity index (χ0) is 13.8. The van der Waals surface area contributed by atoms with Crippen LogP contribution in [0.4, 0.5) is 4.39 Å². The maximum atomic E-state index is 13.4. The Labute approximate surface area is 121 Å². The van der Waals surface area contributed by atoms with Crippen LogP contribution in [0.2, 0.25) is 0 Å². The van der Waals surface area contributed by atoms with Crippen LogP contribution in [0, 0.1) is 12.7 Å². The van der Waals surface area contributed by atoms with E-state index in [1.165, 1.54) is 6.07 Å². The highest BCUT2D eigenvalue weighted by Gasteiger charge is 2.10. The maximum absolute atomic E-state index is 13.4. The van der Waals surface area contributed by atoms with Crippen molar-refractivity contribution in [3.63, 3.8) is 0 Å². The average Bonchev–Trinajstić information content (AvgIpc) is 2.83. The Hall–Kier alpha value is -1.13. The maximum Gasteiger partial charge on any atom is 0.137 e. The molecule has 0 aliphatic rings. The van der Waals surface area contributed by atoms with Gasteiger partial charge in [-0.05, 0) is 65.6 Å². The van der Waals surface area contributed by atoms with Crippen molar-refractivity contribution in [1.82, 2.24) is 5.32 Å². The van der Waals surface area contributed by atoms with Crippen molar-refractivity contribution >= 4 is 15.9 Å². The summed E-state index contributed by atoms with van der Waals surface area (Å²) in [6.07, 6.45) is 1.09. The summed E-state index contributed by atoms with van der Waals surface area (Å²) < 4.78 is 19.6. The molecule has 1 heterocycles. The second-order valence-corrected chi connectivity index (χ2v) is 5.38. The van der Waals surface area contributed by atoms with Gasteiger partial charge in [-0.1, -0.05) is 6.92 Å². The van der Waals surface area contributed by atoms with Gasteiger partial charge in [-0.25, -0.2) is 4.39 Å². The summed E-state index contributed by atoms with van der Waals surface area (Å²) >= 11 is 3.21. The van der Waals surface area contributed by atoms with Crippen molar-refractivity contribution in [2.45, 2.75) is 26.8 Å². The Balaban J connectivity index is 2.20. The summed E-state index contributed by atoms with van der Waals surface area (Å²) in [4.78, 5) is 0. The lowest BCUT2D eigenvalue weighted by molar-refractivity contribution is 0.493. The topological polar surface area (TPSA) is 25.2 Å². The number of aryl methyl sites for hydroxylation is 1. The van der Waals surface area contributed by atoms with E-state index in [1.54, 1.807) is 6.07 Å². The summed E-state index contributed by atoms with van der Waals surface area (Å²) in [5.41, 5.74) is 1.78. The molecular formula is C15H17BrFNO. The molecule has 2 nitrogen and oxygen atoms in total. The lowest BCUT2D eigenvalue weighted by atomic mass is 10.1. The highest BCUT2D eigenvalue weighted by atomic mass is 79.9. The molecule has 1 aromatic heterocycles. The van der Waals surface area contributed by atoms with E-state index < -0.39 is 0 Å². The first-order chi connectivity index (χ1) is 9.11. The first-order valence-corrected chi connectivity index (χ1v) is 7.16. The zero-order valence-electron chi connectivity index (χ0n) is 11.1. The minimum atomic E-state index is -0.252. The summed E-state index contributed by atoms with van der Waals surface area (Å²) in [6.45, 7) is 5.69. The van der Waals surface area contributed by atoms with Gasteiger partial charge < -0.3 is 9.73 Å². The molecule has 0 aliphatic heterocycles. The number of halogens is 2. The minimum absolute atomic E-state index is 0.252. The Morgan fingerprint density at radius 3 is 2.84 bits per heavy atom. The molecule has 0 saturated carbocycles. The van der Waals surface area contributed by atoms with Gasteiger partial charge in [-0.3, -0.25) is 0 Å². The van der Waals surface area contributed by atoms with Crippen LogP contribution >= 0.6 is 15.9 Å². The molecule has 2 aromatic rings. The number of benzene rings is 1. The largest absolute Gasteiger partial charge is 0.460 e. The Kier molecular flexibility index (Phi) is 4.77. The number of furan rings is 1. The standard InChI is InChI=1S/C15H17BrFNO/c1-3-6-18-9-11-4-5-15(19-11)12-8-13(16)14(17)7-10(12)2/h4-5,7-8,18H,3,6,9H2,1-2H3. The van der Waals surface area contributed by atoms with Crippen LogP contribution < -0.4 is 5.32 Å². The first kappa shape index (κ1) is 14.3. The lowest BCUT2D eigenvalue weighted by Crippen LogP contribution is -2.12. The molecule has 0 spiro atoms. The zero-order valence-corrected chi connectivity index (χ0v) is 12.7.